The van der Waals surface area contributed by atoms with Crippen molar-refractivity contribution in [3.05, 3.63) is 58.1 Å². The Balaban J connectivity index is 1.20. The van der Waals surface area contributed by atoms with E-state index in [1.54, 1.807) is 12.1 Å². The normalized spacial score (nSPS) is 20.3. The van der Waals surface area contributed by atoms with Crippen molar-refractivity contribution in [1.82, 2.24) is 26.6 Å². The molecule has 4 rings (SSSR count). The van der Waals surface area contributed by atoms with Gasteiger partial charge in [-0.2, -0.15) is 0 Å². The minimum absolute atomic E-state index is 0.0600. The highest BCUT2D eigenvalue weighted by molar-refractivity contribution is 6.40. The number of rotatable bonds is 12. The first-order valence-corrected chi connectivity index (χ1v) is 17.9. The lowest BCUT2D eigenvalue weighted by Crippen LogP contribution is -2.60. The topological polar surface area (TPSA) is 149 Å². The molecular weight excluding hydrogens is 653 g/mol. The molecule has 1 heterocycles. The number of carboxylic acid groups (broad SMARTS) is 1. The van der Waals surface area contributed by atoms with Crippen LogP contribution in [0.5, 0.6) is 0 Å². The maximum absolute atomic E-state index is 13.0. The number of amides is 3. The van der Waals surface area contributed by atoms with E-state index >= 15 is 0 Å². The Bertz CT molecular complexity index is 1380. The molecule has 262 valence electrons. The van der Waals surface area contributed by atoms with E-state index in [2.05, 4.69) is 26.6 Å². The first-order chi connectivity index (χ1) is 23.1. The second-order valence-corrected chi connectivity index (χ2v) is 13.9. The number of carboxylic acids is 1. The molecule has 12 heteroatoms. The SMILES string of the molecule is CNC1NC(CCC(=O)NCC(=O)NC[C@H](NC(=O)c2c(Cl)cc(-c3ccccc3)cc2Cl)C(=O)O)CCC12CCCCCCCCC2. The number of aliphatic carboxylic acids is 1. The molecular formula is C36H49Cl2N5O5. The van der Waals surface area contributed by atoms with Gasteiger partial charge in [0.2, 0.25) is 11.8 Å². The largest absolute Gasteiger partial charge is 0.480 e. The molecule has 48 heavy (non-hydrogen) atoms. The fourth-order valence-electron chi connectivity index (χ4n) is 7.09. The number of nitrogens with one attached hydrogen (secondary N) is 5. The van der Waals surface area contributed by atoms with Crippen LogP contribution in [-0.4, -0.2) is 67.2 Å². The molecule has 0 radical (unpaired) electrons. The quantitative estimate of drug-likeness (QED) is 0.167. The van der Waals surface area contributed by atoms with Crippen LogP contribution in [0.25, 0.3) is 11.1 Å². The van der Waals surface area contributed by atoms with Crippen LogP contribution in [0.2, 0.25) is 10.0 Å². The van der Waals surface area contributed by atoms with Crippen LogP contribution in [0.3, 0.4) is 0 Å². The van der Waals surface area contributed by atoms with Gasteiger partial charge in [0.15, 0.2) is 0 Å². The summed E-state index contributed by atoms with van der Waals surface area (Å²) in [6.45, 7) is -0.704. The average Bonchev–Trinajstić information content (AvgIpc) is 3.08. The Morgan fingerprint density at radius 2 is 1.50 bits per heavy atom. The molecule has 2 fully saturated rings. The maximum Gasteiger partial charge on any atom is 0.328 e. The highest BCUT2D eigenvalue weighted by Gasteiger charge is 2.41. The van der Waals surface area contributed by atoms with Crippen LogP contribution in [0.15, 0.2) is 42.5 Å². The standard InChI is InChI=1S/C36H49Cl2N5O5/c1-39-35-36(17-10-5-3-2-4-6-11-18-36)19-16-26(42-35)14-15-30(44)41-23-31(45)40-22-29(34(47)48)43-33(46)32-27(37)20-25(21-28(32)38)24-12-8-7-9-13-24/h7-9,12-13,20-21,26,29,35,39,42H,2-6,10-11,14-19,22-23H2,1H3,(H,40,45)(H,41,44)(H,43,46)(H,47,48)/t26?,29-,35?/m0/s1. The van der Waals surface area contributed by atoms with Gasteiger partial charge in [-0.05, 0) is 67.8 Å². The van der Waals surface area contributed by atoms with E-state index in [1.165, 1.54) is 57.8 Å². The van der Waals surface area contributed by atoms with Crippen LogP contribution in [0.4, 0.5) is 0 Å². The Kier molecular flexibility index (Phi) is 14.5. The molecule has 1 aliphatic heterocycles. The molecule has 1 aliphatic carbocycles. The van der Waals surface area contributed by atoms with Crippen molar-refractivity contribution in [1.29, 1.82) is 0 Å². The third-order valence-corrected chi connectivity index (χ3v) is 10.4. The van der Waals surface area contributed by atoms with Crippen molar-refractivity contribution < 1.29 is 24.3 Å². The number of hydrogen-bond donors (Lipinski definition) is 6. The highest BCUT2D eigenvalue weighted by Crippen LogP contribution is 2.43. The summed E-state index contributed by atoms with van der Waals surface area (Å²) in [6, 6.07) is 11.2. The van der Waals surface area contributed by atoms with Crippen molar-refractivity contribution >= 4 is 46.9 Å². The number of halogens is 2. The molecule has 2 unspecified atom stereocenters. The van der Waals surface area contributed by atoms with Crippen molar-refractivity contribution in [2.24, 2.45) is 5.41 Å². The lowest BCUT2D eigenvalue weighted by molar-refractivity contribution is -0.139. The van der Waals surface area contributed by atoms with Crippen molar-refractivity contribution in [2.45, 2.75) is 102 Å². The van der Waals surface area contributed by atoms with Crippen LogP contribution in [0.1, 0.15) is 93.8 Å². The molecule has 0 aromatic heterocycles. The van der Waals surface area contributed by atoms with Gasteiger partial charge >= 0.3 is 5.97 Å². The van der Waals surface area contributed by atoms with Gasteiger partial charge in [0.1, 0.15) is 6.04 Å². The lowest BCUT2D eigenvalue weighted by Gasteiger charge is -2.48. The Morgan fingerprint density at radius 1 is 0.875 bits per heavy atom. The van der Waals surface area contributed by atoms with E-state index in [0.717, 1.165) is 18.4 Å². The number of piperidine rings is 1. The van der Waals surface area contributed by atoms with Crippen LogP contribution < -0.4 is 26.6 Å². The van der Waals surface area contributed by atoms with Crippen molar-refractivity contribution in [2.75, 3.05) is 20.1 Å². The van der Waals surface area contributed by atoms with Gasteiger partial charge in [0, 0.05) is 19.0 Å². The monoisotopic (exact) mass is 701 g/mol. The summed E-state index contributed by atoms with van der Waals surface area (Å²) in [5.74, 6) is -2.97. The Labute approximate surface area is 293 Å². The summed E-state index contributed by atoms with van der Waals surface area (Å²) in [4.78, 5) is 49.9. The summed E-state index contributed by atoms with van der Waals surface area (Å²) < 4.78 is 0. The zero-order chi connectivity index (χ0) is 34.5. The van der Waals surface area contributed by atoms with Crippen LogP contribution in [-0.2, 0) is 14.4 Å². The number of carbonyl (C=O) groups excluding carboxylic acids is 3. The molecule has 2 aromatic carbocycles. The van der Waals surface area contributed by atoms with E-state index in [9.17, 15) is 24.3 Å². The molecule has 2 aromatic rings. The van der Waals surface area contributed by atoms with Gasteiger partial charge in [-0.3, -0.25) is 19.7 Å². The molecule has 3 atom stereocenters. The van der Waals surface area contributed by atoms with Gasteiger partial charge in [-0.25, -0.2) is 4.79 Å². The molecule has 10 nitrogen and oxygen atoms in total. The van der Waals surface area contributed by atoms with E-state index in [1.807, 2.05) is 37.4 Å². The van der Waals surface area contributed by atoms with Crippen molar-refractivity contribution in [3.63, 3.8) is 0 Å². The second kappa shape index (κ2) is 18.5. The minimum atomic E-state index is -1.45. The van der Waals surface area contributed by atoms with Gasteiger partial charge in [0.25, 0.3) is 5.91 Å². The number of hydrogen-bond acceptors (Lipinski definition) is 6. The zero-order valence-electron chi connectivity index (χ0n) is 27.7. The second-order valence-electron chi connectivity index (χ2n) is 13.1. The van der Waals surface area contributed by atoms with Gasteiger partial charge < -0.3 is 26.4 Å². The van der Waals surface area contributed by atoms with Crippen molar-refractivity contribution in [3.8, 4) is 11.1 Å². The Hall–Kier alpha value is -3.18. The third kappa shape index (κ3) is 10.7. The van der Waals surface area contributed by atoms with E-state index in [-0.39, 0.29) is 52.1 Å². The number of benzene rings is 2. The third-order valence-electron chi connectivity index (χ3n) is 9.79. The molecule has 6 N–H and O–H groups in total. The first-order valence-electron chi connectivity index (χ1n) is 17.2. The van der Waals surface area contributed by atoms with Crippen LogP contribution in [0, 0.1) is 5.41 Å². The molecule has 0 bridgehead atoms. The summed E-state index contributed by atoms with van der Waals surface area (Å²) in [7, 11) is 2.01. The molecule has 3 amide bonds. The summed E-state index contributed by atoms with van der Waals surface area (Å²) in [5.41, 5.74) is 1.74. The summed E-state index contributed by atoms with van der Waals surface area (Å²) in [6.07, 6.45) is 14.9. The summed E-state index contributed by atoms with van der Waals surface area (Å²) in [5, 5.41) is 24.6. The fourth-order valence-corrected chi connectivity index (χ4v) is 7.75. The predicted octanol–water partition coefficient (Wildman–Crippen LogP) is 5.66. The van der Waals surface area contributed by atoms with Crippen LogP contribution >= 0.6 is 23.2 Å². The van der Waals surface area contributed by atoms with E-state index < -0.39 is 30.4 Å². The molecule has 2 aliphatic rings. The fraction of sp³-hybridized carbons (Fsp3) is 0.556. The first kappa shape index (κ1) is 37.6. The minimum Gasteiger partial charge on any atom is -0.480 e. The predicted molar refractivity (Wildman–Crippen MR) is 189 cm³/mol. The van der Waals surface area contributed by atoms with E-state index in [0.29, 0.717) is 12.0 Å². The summed E-state index contributed by atoms with van der Waals surface area (Å²) >= 11 is 12.8. The average molecular weight is 703 g/mol. The maximum atomic E-state index is 13.0. The zero-order valence-corrected chi connectivity index (χ0v) is 29.2. The van der Waals surface area contributed by atoms with Gasteiger partial charge in [-0.15, -0.1) is 0 Å². The molecule has 1 saturated heterocycles. The molecule has 1 spiro atoms. The highest BCUT2D eigenvalue weighted by atomic mass is 35.5. The number of carbonyl (C=O) groups is 4. The lowest BCUT2D eigenvalue weighted by atomic mass is 9.68. The van der Waals surface area contributed by atoms with Gasteiger partial charge in [0.05, 0.1) is 28.3 Å². The van der Waals surface area contributed by atoms with E-state index in [4.69, 9.17) is 23.2 Å². The Morgan fingerprint density at radius 3 is 2.10 bits per heavy atom. The molecule has 1 saturated carbocycles. The smallest absolute Gasteiger partial charge is 0.328 e. The van der Waals surface area contributed by atoms with Gasteiger partial charge in [-0.1, -0.05) is 98.5 Å².